The van der Waals surface area contributed by atoms with Crippen molar-refractivity contribution >= 4 is 12.0 Å². The average Bonchev–Trinajstić information content (AvgIpc) is 2.77. The second-order valence-electron chi connectivity index (χ2n) is 6.28. The summed E-state index contributed by atoms with van der Waals surface area (Å²) < 4.78 is 5.35. The predicted molar refractivity (Wildman–Crippen MR) is 77.2 cm³/mol. The van der Waals surface area contributed by atoms with Crippen molar-refractivity contribution in [2.75, 3.05) is 19.6 Å². The monoisotopic (exact) mass is 285 g/mol. The Balaban J connectivity index is 2.62. The van der Waals surface area contributed by atoms with Crippen LogP contribution in [0.15, 0.2) is 0 Å². The van der Waals surface area contributed by atoms with Crippen molar-refractivity contribution in [3.63, 3.8) is 0 Å². The molecule has 0 aromatic carbocycles. The van der Waals surface area contributed by atoms with E-state index in [9.17, 15) is 9.59 Å². The van der Waals surface area contributed by atoms with Crippen molar-refractivity contribution in [2.45, 2.75) is 58.7 Å². The van der Waals surface area contributed by atoms with Gasteiger partial charge < -0.3 is 20.3 Å². The van der Waals surface area contributed by atoms with E-state index >= 15 is 0 Å². The van der Waals surface area contributed by atoms with Gasteiger partial charge in [-0.25, -0.2) is 4.79 Å². The number of carbonyl (C=O) groups is 2. The molecule has 1 aliphatic rings. The molecule has 1 saturated heterocycles. The SMILES string of the molecule is CCN(C(=O)[C@H](C)N)[C@@H]1CCN(C(=O)OC(C)(C)C)C1. The molecule has 2 amide bonds. The van der Waals surface area contributed by atoms with Crippen molar-refractivity contribution in [2.24, 2.45) is 5.73 Å². The summed E-state index contributed by atoms with van der Waals surface area (Å²) in [6.45, 7) is 10.9. The fraction of sp³-hybridized carbons (Fsp3) is 0.857. The minimum absolute atomic E-state index is 0.0334. The number of nitrogens with zero attached hydrogens (tertiary/aromatic N) is 2. The lowest BCUT2D eigenvalue weighted by Gasteiger charge is -2.29. The van der Waals surface area contributed by atoms with Gasteiger partial charge in [0.1, 0.15) is 5.60 Å². The first-order valence-electron chi connectivity index (χ1n) is 7.19. The average molecular weight is 285 g/mol. The van der Waals surface area contributed by atoms with E-state index in [1.807, 2.05) is 27.7 Å². The van der Waals surface area contributed by atoms with Crippen LogP contribution in [-0.2, 0) is 9.53 Å². The molecule has 0 bridgehead atoms. The number of hydrogen-bond donors (Lipinski definition) is 1. The molecular formula is C14H27N3O3. The molecule has 20 heavy (non-hydrogen) atoms. The van der Waals surface area contributed by atoms with E-state index in [1.165, 1.54) is 0 Å². The number of carbonyl (C=O) groups excluding carboxylic acids is 2. The van der Waals surface area contributed by atoms with E-state index in [0.29, 0.717) is 19.6 Å². The summed E-state index contributed by atoms with van der Waals surface area (Å²) >= 11 is 0. The van der Waals surface area contributed by atoms with E-state index in [2.05, 4.69) is 0 Å². The standard InChI is InChI=1S/C14H27N3O3/c1-6-17(12(18)10(2)15)11-7-8-16(9-11)13(19)20-14(3,4)5/h10-11H,6-9,15H2,1-5H3/t10-,11+/m0/s1. The lowest BCUT2D eigenvalue weighted by atomic mass is 10.2. The minimum Gasteiger partial charge on any atom is -0.444 e. The van der Waals surface area contributed by atoms with Crippen molar-refractivity contribution < 1.29 is 14.3 Å². The van der Waals surface area contributed by atoms with Crippen molar-refractivity contribution in [1.29, 1.82) is 0 Å². The van der Waals surface area contributed by atoms with Gasteiger partial charge in [-0.15, -0.1) is 0 Å². The largest absolute Gasteiger partial charge is 0.444 e. The van der Waals surface area contributed by atoms with Crippen LogP contribution in [0.2, 0.25) is 0 Å². The summed E-state index contributed by atoms with van der Waals surface area (Å²) in [5.41, 5.74) is 5.16. The fourth-order valence-corrected chi connectivity index (χ4v) is 2.34. The van der Waals surface area contributed by atoms with Crippen LogP contribution in [0, 0.1) is 0 Å². The number of likely N-dealkylation sites (tertiary alicyclic amines) is 1. The molecule has 0 saturated carbocycles. The topological polar surface area (TPSA) is 75.9 Å². The zero-order valence-corrected chi connectivity index (χ0v) is 13.2. The number of nitrogens with two attached hydrogens (primary N) is 1. The first kappa shape index (κ1) is 16.8. The molecule has 2 N–H and O–H groups in total. The molecule has 0 unspecified atom stereocenters. The molecule has 0 aliphatic carbocycles. The Morgan fingerprint density at radius 2 is 2.05 bits per heavy atom. The lowest BCUT2D eigenvalue weighted by molar-refractivity contribution is -0.134. The van der Waals surface area contributed by atoms with Gasteiger partial charge in [0.2, 0.25) is 5.91 Å². The molecule has 0 radical (unpaired) electrons. The number of hydrogen-bond acceptors (Lipinski definition) is 4. The maximum absolute atomic E-state index is 12.0. The smallest absolute Gasteiger partial charge is 0.410 e. The highest BCUT2D eigenvalue weighted by Gasteiger charge is 2.34. The van der Waals surface area contributed by atoms with Crippen LogP contribution in [-0.4, -0.2) is 59.1 Å². The quantitative estimate of drug-likeness (QED) is 0.845. The van der Waals surface area contributed by atoms with Gasteiger partial charge in [-0.05, 0) is 41.0 Å². The molecule has 1 aliphatic heterocycles. The second-order valence-corrected chi connectivity index (χ2v) is 6.28. The van der Waals surface area contributed by atoms with Crippen LogP contribution < -0.4 is 5.73 Å². The van der Waals surface area contributed by atoms with Gasteiger partial charge >= 0.3 is 6.09 Å². The van der Waals surface area contributed by atoms with Crippen LogP contribution in [0.5, 0.6) is 0 Å². The van der Waals surface area contributed by atoms with Crippen LogP contribution in [0.3, 0.4) is 0 Å². The predicted octanol–water partition coefficient (Wildman–Crippen LogP) is 1.19. The summed E-state index contributed by atoms with van der Waals surface area (Å²) in [4.78, 5) is 27.4. The fourth-order valence-electron chi connectivity index (χ4n) is 2.34. The van der Waals surface area contributed by atoms with Gasteiger partial charge in [-0.1, -0.05) is 0 Å². The van der Waals surface area contributed by atoms with Crippen LogP contribution in [0.1, 0.15) is 41.0 Å². The maximum Gasteiger partial charge on any atom is 0.410 e. The molecule has 1 fully saturated rings. The normalized spacial score (nSPS) is 20.7. The Hall–Kier alpha value is -1.30. The summed E-state index contributed by atoms with van der Waals surface area (Å²) in [5.74, 6) is -0.0662. The van der Waals surface area contributed by atoms with Crippen LogP contribution >= 0.6 is 0 Å². The van der Waals surface area contributed by atoms with Crippen molar-refractivity contribution in [3.8, 4) is 0 Å². The van der Waals surface area contributed by atoms with Crippen molar-refractivity contribution in [1.82, 2.24) is 9.80 Å². The molecule has 6 nitrogen and oxygen atoms in total. The van der Waals surface area contributed by atoms with E-state index in [4.69, 9.17) is 10.5 Å². The molecule has 1 rings (SSSR count). The third-order valence-corrected chi connectivity index (χ3v) is 3.27. The molecular weight excluding hydrogens is 258 g/mol. The molecule has 0 aromatic rings. The van der Waals surface area contributed by atoms with E-state index in [1.54, 1.807) is 16.7 Å². The van der Waals surface area contributed by atoms with Gasteiger partial charge in [0.25, 0.3) is 0 Å². The Labute approximate surface area is 121 Å². The van der Waals surface area contributed by atoms with Crippen molar-refractivity contribution in [3.05, 3.63) is 0 Å². The van der Waals surface area contributed by atoms with Gasteiger partial charge in [-0.2, -0.15) is 0 Å². The lowest BCUT2D eigenvalue weighted by Crippen LogP contribution is -2.48. The van der Waals surface area contributed by atoms with Gasteiger partial charge in [-0.3, -0.25) is 4.79 Å². The molecule has 116 valence electrons. The Morgan fingerprint density at radius 1 is 1.45 bits per heavy atom. The molecule has 1 heterocycles. The Morgan fingerprint density at radius 3 is 2.50 bits per heavy atom. The summed E-state index contributed by atoms with van der Waals surface area (Å²) in [5, 5.41) is 0. The highest BCUT2D eigenvalue weighted by molar-refractivity contribution is 5.81. The zero-order chi connectivity index (χ0) is 15.5. The first-order valence-corrected chi connectivity index (χ1v) is 7.19. The van der Waals surface area contributed by atoms with Crippen LogP contribution in [0.4, 0.5) is 4.79 Å². The number of ether oxygens (including phenoxy) is 1. The van der Waals surface area contributed by atoms with E-state index in [0.717, 1.165) is 6.42 Å². The third-order valence-electron chi connectivity index (χ3n) is 3.27. The summed E-state index contributed by atoms with van der Waals surface area (Å²) in [6.07, 6.45) is 0.454. The van der Waals surface area contributed by atoms with Gasteiger partial charge in [0, 0.05) is 19.6 Å². The van der Waals surface area contributed by atoms with Gasteiger partial charge in [0.15, 0.2) is 0 Å². The first-order chi connectivity index (χ1) is 9.15. The third kappa shape index (κ3) is 4.37. The van der Waals surface area contributed by atoms with Gasteiger partial charge in [0.05, 0.1) is 12.1 Å². The minimum atomic E-state index is -0.509. The molecule has 0 aromatic heterocycles. The summed E-state index contributed by atoms with van der Waals surface area (Å²) in [6, 6.07) is -0.475. The summed E-state index contributed by atoms with van der Waals surface area (Å²) in [7, 11) is 0. The zero-order valence-electron chi connectivity index (χ0n) is 13.2. The van der Waals surface area contributed by atoms with E-state index < -0.39 is 11.6 Å². The Kier molecular flexibility index (Phi) is 5.39. The second kappa shape index (κ2) is 6.43. The number of amides is 2. The molecule has 2 atom stereocenters. The molecule has 6 heteroatoms. The number of rotatable bonds is 3. The Bertz CT molecular complexity index is 363. The van der Waals surface area contributed by atoms with E-state index in [-0.39, 0.29) is 18.0 Å². The van der Waals surface area contributed by atoms with Crippen LogP contribution in [0.25, 0.3) is 0 Å². The highest BCUT2D eigenvalue weighted by atomic mass is 16.6. The maximum atomic E-state index is 12.0. The molecule has 0 spiro atoms. The number of likely N-dealkylation sites (N-methyl/N-ethyl adjacent to an activating group) is 1. The highest BCUT2D eigenvalue weighted by Crippen LogP contribution is 2.19.